The molecular weight excluding hydrogens is 208 g/mol. The van der Waals surface area contributed by atoms with E-state index in [1.165, 1.54) is 5.56 Å². The Bertz CT molecular complexity index is 311. The number of hydrogen-bond acceptors (Lipinski definition) is 2. The summed E-state index contributed by atoms with van der Waals surface area (Å²) in [5.74, 6) is 0.872. The van der Waals surface area contributed by atoms with Crippen LogP contribution < -0.4 is 15.8 Å². The molecule has 0 aliphatic rings. The minimum Gasteiger partial charge on any atom is -0.492 e. The smallest absolute Gasteiger partial charge is 0.163 e. The minimum atomic E-state index is 0.305. The third-order valence-electron chi connectivity index (χ3n) is 2.00. The van der Waals surface area contributed by atoms with Crippen molar-refractivity contribution in [3.05, 3.63) is 29.8 Å². The van der Waals surface area contributed by atoms with E-state index >= 15 is 0 Å². The Morgan fingerprint density at radius 3 is 2.60 bits per heavy atom. The quantitative estimate of drug-likeness (QED) is 0.587. The minimum absolute atomic E-state index is 0.305. The Labute approximate surface area is 95.6 Å². The molecule has 0 aliphatic carbocycles. The molecule has 1 aromatic carbocycles. The molecule has 1 aromatic rings. The maximum Gasteiger partial charge on any atom is 0.163 e. The molecule has 0 heterocycles. The third kappa shape index (κ3) is 4.65. The van der Waals surface area contributed by atoms with Crippen LogP contribution in [-0.4, -0.2) is 18.3 Å². The molecule has 0 radical (unpaired) electrons. The summed E-state index contributed by atoms with van der Waals surface area (Å²) in [7, 11) is 0. The van der Waals surface area contributed by atoms with Crippen molar-refractivity contribution in [1.29, 1.82) is 0 Å². The lowest BCUT2D eigenvalue weighted by Gasteiger charge is -2.07. The highest BCUT2D eigenvalue weighted by Gasteiger charge is 1.94. The summed E-state index contributed by atoms with van der Waals surface area (Å²) in [5.41, 5.74) is 6.58. The summed E-state index contributed by atoms with van der Waals surface area (Å²) in [6.07, 6.45) is 1.04. The third-order valence-corrected chi connectivity index (χ3v) is 2.15. The Hall–Kier alpha value is -1.29. The van der Waals surface area contributed by atoms with Gasteiger partial charge in [0.2, 0.25) is 0 Å². The SMILES string of the molecule is CCc1ccc(OCCNC(N)=S)cc1. The van der Waals surface area contributed by atoms with Gasteiger partial charge in [0.1, 0.15) is 12.4 Å². The average molecular weight is 224 g/mol. The molecule has 0 saturated heterocycles. The fourth-order valence-corrected chi connectivity index (χ4v) is 1.27. The zero-order chi connectivity index (χ0) is 11.1. The zero-order valence-electron chi connectivity index (χ0n) is 8.82. The molecule has 0 bridgehead atoms. The molecule has 3 nitrogen and oxygen atoms in total. The first-order valence-corrected chi connectivity index (χ1v) is 5.38. The van der Waals surface area contributed by atoms with Crippen molar-refractivity contribution in [3.63, 3.8) is 0 Å². The Kier molecular flexibility index (Phi) is 4.90. The van der Waals surface area contributed by atoms with Crippen LogP contribution in [0.1, 0.15) is 12.5 Å². The van der Waals surface area contributed by atoms with Gasteiger partial charge in [-0.3, -0.25) is 0 Å². The van der Waals surface area contributed by atoms with Crippen LogP contribution in [0, 0.1) is 0 Å². The van der Waals surface area contributed by atoms with Crippen LogP contribution in [0.2, 0.25) is 0 Å². The van der Waals surface area contributed by atoms with E-state index in [1.807, 2.05) is 12.1 Å². The Morgan fingerprint density at radius 1 is 1.40 bits per heavy atom. The molecule has 3 N–H and O–H groups in total. The lowest BCUT2D eigenvalue weighted by atomic mass is 10.2. The van der Waals surface area contributed by atoms with Gasteiger partial charge in [-0.1, -0.05) is 19.1 Å². The van der Waals surface area contributed by atoms with E-state index < -0.39 is 0 Å². The van der Waals surface area contributed by atoms with Crippen LogP contribution in [0.15, 0.2) is 24.3 Å². The molecule has 82 valence electrons. The number of benzene rings is 1. The van der Waals surface area contributed by atoms with Crippen molar-refractivity contribution in [2.24, 2.45) is 5.73 Å². The molecule has 4 heteroatoms. The number of aryl methyl sites for hydroxylation is 1. The maximum atomic E-state index is 5.48. The number of rotatable bonds is 5. The molecule has 0 aromatic heterocycles. The van der Waals surface area contributed by atoms with Crippen molar-refractivity contribution < 1.29 is 4.74 Å². The van der Waals surface area contributed by atoms with Crippen LogP contribution in [-0.2, 0) is 6.42 Å². The summed E-state index contributed by atoms with van der Waals surface area (Å²) in [5, 5.41) is 3.13. The highest BCUT2D eigenvalue weighted by molar-refractivity contribution is 7.80. The lowest BCUT2D eigenvalue weighted by Crippen LogP contribution is -2.32. The first-order chi connectivity index (χ1) is 7.22. The highest BCUT2D eigenvalue weighted by atomic mass is 32.1. The molecule has 0 saturated carbocycles. The fourth-order valence-electron chi connectivity index (χ4n) is 1.16. The molecule has 0 amide bonds. The molecule has 0 aliphatic heterocycles. The summed E-state index contributed by atoms with van der Waals surface area (Å²) in [6, 6.07) is 8.08. The lowest BCUT2D eigenvalue weighted by molar-refractivity contribution is 0.322. The Balaban J connectivity index is 2.28. The second-order valence-corrected chi connectivity index (χ2v) is 3.58. The van der Waals surface area contributed by atoms with Crippen molar-refractivity contribution in [2.45, 2.75) is 13.3 Å². The van der Waals surface area contributed by atoms with Crippen molar-refractivity contribution in [2.75, 3.05) is 13.2 Å². The predicted molar refractivity (Wildman–Crippen MR) is 66.1 cm³/mol. The zero-order valence-corrected chi connectivity index (χ0v) is 9.64. The van der Waals surface area contributed by atoms with E-state index in [0.29, 0.717) is 18.3 Å². The largest absolute Gasteiger partial charge is 0.492 e. The van der Waals surface area contributed by atoms with Gasteiger partial charge in [-0.05, 0) is 36.3 Å². The van der Waals surface area contributed by atoms with Crippen molar-refractivity contribution in [1.82, 2.24) is 5.32 Å². The van der Waals surface area contributed by atoms with Gasteiger partial charge >= 0.3 is 0 Å². The van der Waals surface area contributed by atoms with Gasteiger partial charge in [0.05, 0.1) is 6.54 Å². The van der Waals surface area contributed by atoms with Gasteiger partial charge in [0.25, 0.3) is 0 Å². The second-order valence-electron chi connectivity index (χ2n) is 3.14. The van der Waals surface area contributed by atoms with E-state index in [2.05, 4.69) is 36.6 Å². The van der Waals surface area contributed by atoms with Crippen molar-refractivity contribution >= 4 is 17.3 Å². The normalized spacial score (nSPS) is 9.67. The van der Waals surface area contributed by atoms with Gasteiger partial charge in [-0.2, -0.15) is 0 Å². The fraction of sp³-hybridized carbons (Fsp3) is 0.364. The highest BCUT2D eigenvalue weighted by Crippen LogP contribution is 2.11. The van der Waals surface area contributed by atoms with E-state index in [1.54, 1.807) is 0 Å². The van der Waals surface area contributed by atoms with E-state index in [0.717, 1.165) is 12.2 Å². The van der Waals surface area contributed by atoms with Crippen LogP contribution in [0.4, 0.5) is 0 Å². The maximum absolute atomic E-state index is 5.48. The van der Waals surface area contributed by atoms with Gasteiger partial charge in [0.15, 0.2) is 5.11 Å². The van der Waals surface area contributed by atoms with Crippen LogP contribution >= 0.6 is 12.2 Å². The van der Waals surface area contributed by atoms with E-state index in [4.69, 9.17) is 10.5 Å². The number of nitrogens with one attached hydrogen (secondary N) is 1. The van der Waals surface area contributed by atoms with Crippen LogP contribution in [0.3, 0.4) is 0 Å². The number of nitrogens with two attached hydrogens (primary N) is 1. The molecule has 0 atom stereocenters. The number of thiocarbonyl (C=S) groups is 1. The summed E-state index contributed by atoms with van der Waals surface area (Å²) in [6.45, 7) is 3.32. The van der Waals surface area contributed by atoms with Gasteiger partial charge in [-0.25, -0.2) is 0 Å². The van der Waals surface area contributed by atoms with Crippen molar-refractivity contribution in [3.8, 4) is 5.75 Å². The Morgan fingerprint density at radius 2 is 2.07 bits per heavy atom. The summed E-state index contributed by atoms with van der Waals surface area (Å²) < 4.78 is 5.48. The molecule has 0 spiro atoms. The first-order valence-electron chi connectivity index (χ1n) is 4.97. The van der Waals surface area contributed by atoms with E-state index in [9.17, 15) is 0 Å². The second kappa shape index (κ2) is 6.24. The molecule has 0 unspecified atom stereocenters. The van der Waals surface area contributed by atoms with E-state index in [-0.39, 0.29) is 0 Å². The van der Waals surface area contributed by atoms with Gasteiger partial charge in [-0.15, -0.1) is 0 Å². The number of ether oxygens (including phenoxy) is 1. The molecular formula is C11H16N2OS. The van der Waals surface area contributed by atoms with Crippen LogP contribution in [0.25, 0.3) is 0 Å². The summed E-state index contributed by atoms with van der Waals surface area (Å²) >= 11 is 4.67. The standard InChI is InChI=1S/C11H16N2OS/c1-2-9-3-5-10(6-4-9)14-8-7-13-11(12)15/h3-6H,2,7-8H2,1H3,(H3,12,13,15). The summed E-state index contributed by atoms with van der Waals surface area (Å²) in [4.78, 5) is 0. The predicted octanol–water partition coefficient (Wildman–Crippen LogP) is 1.46. The first kappa shape index (κ1) is 11.8. The monoisotopic (exact) mass is 224 g/mol. The van der Waals surface area contributed by atoms with Crippen LogP contribution in [0.5, 0.6) is 5.75 Å². The van der Waals surface area contributed by atoms with Gasteiger partial charge in [0, 0.05) is 0 Å². The molecule has 1 rings (SSSR count). The van der Waals surface area contributed by atoms with Gasteiger partial charge < -0.3 is 15.8 Å². The average Bonchev–Trinajstić information content (AvgIpc) is 2.25. The molecule has 0 fully saturated rings. The topological polar surface area (TPSA) is 47.3 Å². The number of hydrogen-bond donors (Lipinski definition) is 2. The molecule has 15 heavy (non-hydrogen) atoms.